The van der Waals surface area contributed by atoms with Crippen LogP contribution in [0.15, 0.2) is 48.5 Å². The highest BCUT2D eigenvalue weighted by atomic mass is 16.1. The van der Waals surface area contributed by atoms with Gasteiger partial charge in [-0.05, 0) is 36.5 Å². The quantitative estimate of drug-likeness (QED) is 0.625. The van der Waals surface area contributed by atoms with Crippen molar-refractivity contribution in [1.82, 2.24) is 20.2 Å². The maximum absolute atomic E-state index is 12.6. The lowest BCUT2D eigenvalue weighted by molar-refractivity contribution is 0.0961. The van der Waals surface area contributed by atoms with Gasteiger partial charge < -0.3 is 0 Å². The van der Waals surface area contributed by atoms with E-state index in [2.05, 4.69) is 27.5 Å². The van der Waals surface area contributed by atoms with Crippen molar-refractivity contribution in [2.45, 2.75) is 51.5 Å². The lowest BCUT2D eigenvalue weighted by Crippen LogP contribution is -2.13. The maximum Gasteiger partial charge on any atom is 0.204 e. The summed E-state index contributed by atoms with van der Waals surface area (Å²) in [5, 5.41) is 12.4. The number of aryl methyl sites for hydroxylation is 1. The summed E-state index contributed by atoms with van der Waals surface area (Å²) in [4.78, 5) is 13.9. The van der Waals surface area contributed by atoms with Crippen molar-refractivity contribution >= 4 is 5.78 Å². The Labute approximate surface area is 159 Å². The second-order valence-corrected chi connectivity index (χ2v) is 7.39. The summed E-state index contributed by atoms with van der Waals surface area (Å²) in [7, 11) is 0. The van der Waals surface area contributed by atoms with E-state index in [1.54, 1.807) is 0 Å². The molecule has 5 heteroatoms. The van der Waals surface area contributed by atoms with Gasteiger partial charge in [0.15, 0.2) is 5.78 Å². The van der Waals surface area contributed by atoms with Gasteiger partial charge in [0.25, 0.3) is 0 Å². The van der Waals surface area contributed by atoms with Crippen molar-refractivity contribution in [3.05, 3.63) is 65.2 Å². The highest BCUT2D eigenvalue weighted by molar-refractivity contribution is 5.95. The van der Waals surface area contributed by atoms with Gasteiger partial charge in [-0.3, -0.25) is 4.79 Å². The standard InChI is InChI=1S/C22H24N4O/c1-16-7-9-20(10-8-16)22-23-25-26(24-22)15-21(27)19-13-11-18(12-14-19)17-5-3-2-4-6-17/h7-14,17H,2-6,15H2,1H3. The van der Waals surface area contributed by atoms with Gasteiger partial charge in [-0.25, -0.2) is 0 Å². The van der Waals surface area contributed by atoms with Crippen LogP contribution in [0.1, 0.15) is 59.5 Å². The molecule has 27 heavy (non-hydrogen) atoms. The van der Waals surface area contributed by atoms with Crippen LogP contribution in [0.25, 0.3) is 11.4 Å². The van der Waals surface area contributed by atoms with Crippen LogP contribution in [0.3, 0.4) is 0 Å². The molecule has 1 saturated carbocycles. The van der Waals surface area contributed by atoms with E-state index in [9.17, 15) is 4.79 Å². The van der Waals surface area contributed by atoms with Crippen LogP contribution in [0.5, 0.6) is 0 Å². The van der Waals surface area contributed by atoms with Crippen molar-refractivity contribution in [2.75, 3.05) is 0 Å². The largest absolute Gasteiger partial charge is 0.292 e. The van der Waals surface area contributed by atoms with Crippen LogP contribution >= 0.6 is 0 Å². The number of hydrogen-bond donors (Lipinski definition) is 0. The molecule has 0 radical (unpaired) electrons. The summed E-state index contributed by atoms with van der Waals surface area (Å²) in [5.41, 5.74) is 4.13. The van der Waals surface area contributed by atoms with E-state index in [1.165, 1.54) is 48.0 Å². The molecule has 0 saturated heterocycles. The van der Waals surface area contributed by atoms with Crippen molar-refractivity contribution in [3.63, 3.8) is 0 Å². The first-order chi connectivity index (χ1) is 13.2. The number of carbonyl (C=O) groups excluding carboxylic acids is 1. The number of hydrogen-bond acceptors (Lipinski definition) is 4. The highest BCUT2D eigenvalue weighted by Gasteiger charge is 2.16. The van der Waals surface area contributed by atoms with Crippen LogP contribution in [0, 0.1) is 6.92 Å². The minimum Gasteiger partial charge on any atom is -0.292 e. The van der Waals surface area contributed by atoms with Gasteiger partial charge in [0, 0.05) is 11.1 Å². The number of benzene rings is 2. The van der Waals surface area contributed by atoms with Crippen molar-refractivity contribution in [1.29, 1.82) is 0 Å². The Balaban J connectivity index is 1.42. The predicted molar refractivity (Wildman–Crippen MR) is 105 cm³/mol. The molecule has 4 rings (SSSR count). The number of rotatable bonds is 5. The second kappa shape index (κ2) is 7.82. The summed E-state index contributed by atoms with van der Waals surface area (Å²) < 4.78 is 0. The first-order valence-corrected chi connectivity index (χ1v) is 9.67. The number of aromatic nitrogens is 4. The molecule has 5 nitrogen and oxygen atoms in total. The average Bonchev–Trinajstić information content (AvgIpc) is 3.18. The average molecular weight is 360 g/mol. The second-order valence-electron chi connectivity index (χ2n) is 7.39. The van der Waals surface area contributed by atoms with Crippen LogP contribution in [0.4, 0.5) is 0 Å². The van der Waals surface area contributed by atoms with Gasteiger partial charge in [0.2, 0.25) is 5.82 Å². The fourth-order valence-corrected chi connectivity index (χ4v) is 3.73. The summed E-state index contributed by atoms with van der Waals surface area (Å²) in [6, 6.07) is 16.0. The Bertz CT molecular complexity index is 906. The summed E-state index contributed by atoms with van der Waals surface area (Å²) in [6.45, 7) is 2.13. The number of Topliss-reactive ketones (excluding diaryl/α,β-unsaturated/α-hetero) is 1. The Morgan fingerprint density at radius 2 is 1.70 bits per heavy atom. The van der Waals surface area contributed by atoms with E-state index in [0.29, 0.717) is 17.3 Å². The fourth-order valence-electron chi connectivity index (χ4n) is 3.73. The molecule has 1 aliphatic rings. The van der Waals surface area contributed by atoms with Gasteiger partial charge in [0.05, 0.1) is 0 Å². The highest BCUT2D eigenvalue weighted by Crippen LogP contribution is 2.32. The Morgan fingerprint density at radius 3 is 2.41 bits per heavy atom. The van der Waals surface area contributed by atoms with Crippen molar-refractivity contribution in [2.24, 2.45) is 0 Å². The number of tetrazole rings is 1. The molecule has 0 N–H and O–H groups in total. The predicted octanol–water partition coefficient (Wildman–Crippen LogP) is 4.58. The molecule has 3 aromatic rings. The summed E-state index contributed by atoms with van der Waals surface area (Å²) >= 11 is 0. The first-order valence-electron chi connectivity index (χ1n) is 9.67. The number of ketones is 1. The monoisotopic (exact) mass is 360 g/mol. The van der Waals surface area contributed by atoms with Crippen molar-refractivity contribution < 1.29 is 4.79 Å². The van der Waals surface area contributed by atoms with Crippen molar-refractivity contribution in [3.8, 4) is 11.4 Å². The SMILES string of the molecule is Cc1ccc(-c2nnn(CC(=O)c3ccc(C4CCCCC4)cc3)n2)cc1. The maximum atomic E-state index is 12.6. The van der Waals surface area contributed by atoms with E-state index < -0.39 is 0 Å². The molecule has 0 unspecified atom stereocenters. The molecule has 1 aliphatic carbocycles. The van der Waals surface area contributed by atoms with Gasteiger partial charge in [-0.1, -0.05) is 73.4 Å². The Kier molecular flexibility index (Phi) is 5.10. The van der Waals surface area contributed by atoms with E-state index >= 15 is 0 Å². The van der Waals surface area contributed by atoms with Gasteiger partial charge in [-0.15, -0.1) is 10.2 Å². The molecule has 1 heterocycles. The molecule has 0 aliphatic heterocycles. The van der Waals surface area contributed by atoms with Crippen LogP contribution < -0.4 is 0 Å². The third kappa shape index (κ3) is 4.13. The zero-order chi connectivity index (χ0) is 18.6. The third-order valence-electron chi connectivity index (χ3n) is 5.36. The molecule has 0 atom stereocenters. The molecule has 1 aromatic heterocycles. The van der Waals surface area contributed by atoms with E-state index in [4.69, 9.17) is 0 Å². The fraction of sp³-hybridized carbons (Fsp3) is 0.364. The molecule has 0 bridgehead atoms. The molecule has 2 aromatic carbocycles. The summed E-state index contributed by atoms with van der Waals surface area (Å²) in [5.74, 6) is 1.19. The topological polar surface area (TPSA) is 60.7 Å². The Hall–Kier alpha value is -2.82. The Morgan fingerprint density at radius 1 is 1.00 bits per heavy atom. The van der Waals surface area contributed by atoms with E-state index in [1.807, 2.05) is 43.3 Å². The molecule has 0 amide bonds. The summed E-state index contributed by atoms with van der Waals surface area (Å²) in [6.07, 6.45) is 6.50. The molecule has 0 spiro atoms. The lowest BCUT2D eigenvalue weighted by Gasteiger charge is -2.22. The minimum atomic E-state index is -0.00181. The van der Waals surface area contributed by atoms with Crippen LogP contribution in [0.2, 0.25) is 0 Å². The zero-order valence-corrected chi connectivity index (χ0v) is 15.6. The molecule has 1 fully saturated rings. The van der Waals surface area contributed by atoms with Gasteiger partial charge >= 0.3 is 0 Å². The molecular weight excluding hydrogens is 336 g/mol. The first kappa shape index (κ1) is 17.6. The zero-order valence-electron chi connectivity index (χ0n) is 15.6. The minimum absolute atomic E-state index is 0.00181. The van der Waals surface area contributed by atoms with E-state index in [-0.39, 0.29) is 12.3 Å². The molecular formula is C22H24N4O. The van der Waals surface area contributed by atoms with Crippen LogP contribution in [-0.2, 0) is 6.54 Å². The van der Waals surface area contributed by atoms with E-state index in [0.717, 1.165) is 5.56 Å². The third-order valence-corrected chi connectivity index (χ3v) is 5.36. The smallest absolute Gasteiger partial charge is 0.204 e. The number of carbonyl (C=O) groups is 1. The lowest BCUT2D eigenvalue weighted by atomic mass is 9.84. The number of nitrogens with zero attached hydrogens (tertiary/aromatic N) is 4. The van der Waals surface area contributed by atoms with Gasteiger partial charge in [-0.2, -0.15) is 4.80 Å². The normalized spacial score (nSPS) is 15.0. The van der Waals surface area contributed by atoms with Crippen LogP contribution in [-0.4, -0.2) is 26.0 Å². The van der Waals surface area contributed by atoms with Gasteiger partial charge in [0.1, 0.15) is 6.54 Å². The molecule has 138 valence electrons.